The molecule has 19 heavy (non-hydrogen) atoms. The molecule has 0 amide bonds. The van der Waals surface area contributed by atoms with Crippen molar-refractivity contribution in [2.45, 2.75) is 6.92 Å². The van der Waals surface area contributed by atoms with Crippen LogP contribution >= 0.6 is 0 Å². The Morgan fingerprint density at radius 1 is 0.789 bits per heavy atom. The monoisotopic (exact) mass is 252 g/mol. The number of hydrogen-bond acceptors (Lipinski definition) is 4. The molecule has 0 aromatic heterocycles. The van der Waals surface area contributed by atoms with Gasteiger partial charge < -0.3 is 0 Å². The summed E-state index contributed by atoms with van der Waals surface area (Å²) in [5.41, 5.74) is 2.16. The highest BCUT2D eigenvalue weighted by molar-refractivity contribution is 5.57. The molecule has 2 aromatic carbocycles. The number of benzene rings is 2. The molecule has 0 radical (unpaired) electrons. The summed E-state index contributed by atoms with van der Waals surface area (Å²) in [4.78, 5) is 26.4. The molecule has 0 N–H and O–H groups in total. The Balaban J connectivity index is 0.000000218. The smallest absolute Gasteiger partial charge is 0.211 e. The molecule has 94 valence electrons. The Bertz CT molecular complexity index is 578. The van der Waals surface area contributed by atoms with Crippen LogP contribution in [0.3, 0.4) is 0 Å². The van der Waals surface area contributed by atoms with Gasteiger partial charge in [0, 0.05) is 0 Å². The van der Waals surface area contributed by atoms with E-state index in [0.717, 1.165) is 0 Å². The van der Waals surface area contributed by atoms with Crippen molar-refractivity contribution in [2.75, 3.05) is 0 Å². The van der Waals surface area contributed by atoms with Crippen molar-refractivity contribution in [1.29, 1.82) is 0 Å². The zero-order chi connectivity index (χ0) is 13.9. The summed E-state index contributed by atoms with van der Waals surface area (Å²) >= 11 is 0. The van der Waals surface area contributed by atoms with Crippen LogP contribution in [0, 0.1) is 6.92 Å². The largest absolute Gasteiger partial charge is 0.240 e. The fourth-order valence-corrected chi connectivity index (χ4v) is 1.27. The normalized spacial score (nSPS) is 8.26. The molecular formula is C15H12N2O2. The van der Waals surface area contributed by atoms with Crippen molar-refractivity contribution in [1.82, 2.24) is 0 Å². The number of aryl methyl sites for hydroxylation is 1. The summed E-state index contributed by atoms with van der Waals surface area (Å²) in [5, 5.41) is 0. The summed E-state index contributed by atoms with van der Waals surface area (Å²) in [7, 11) is 0. The highest BCUT2D eigenvalue weighted by Crippen LogP contribution is 2.18. The Kier molecular flexibility index (Phi) is 6.24. The van der Waals surface area contributed by atoms with Gasteiger partial charge in [-0.2, -0.15) is 9.98 Å². The van der Waals surface area contributed by atoms with Gasteiger partial charge in [-0.25, -0.2) is 9.59 Å². The van der Waals surface area contributed by atoms with Crippen molar-refractivity contribution < 1.29 is 9.59 Å². The highest BCUT2D eigenvalue weighted by Gasteiger charge is 1.90. The molecule has 0 aliphatic heterocycles. The van der Waals surface area contributed by atoms with E-state index in [2.05, 4.69) is 29.0 Å². The van der Waals surface area contributed by atoms with Gasteiger partial charge in [-0.3, -0.25) is 0 Å². The predicted molar refractivity (Wildman–Crippen MR) is 73.2 cm³/mol. The van der Waals surface area contributed by atoms with E-state index in [1.807, 2.05) is 18.2 Å². The van der Waals surface area contributed by atoms with Crippen LogP contribution < -0.4 is 0 Å². The third kappa shape index (κ3) is 5.89. The van der Waals surface area contributed by atoms with E-state index in [9.17, 15) is 9.59 Å². The highest BCUT2D eigenvalue weighted by atomic mass is 16.1. The second-order valence-electron chi connectivity index (χ2n) is 3.58. The van der Waals surface area contributed by atoms with Gasteiger partial charge in [0.15, 0.2) is 0 Å². The minimum absolute atomic E-state index is 0.418. The van der Waals surface area contributed by atoms with Gasteiger partial charge in [0.1, 0.15) is 0 Å². The molecule has 0 unspecified atom stereocenters. The zero-order valence-electron chi connectivity index (χ0n) is 10.4. The van der Waals surface area contributed by atoms with Crippen LogP contribution in [0.4, 0.5) is 11.4 Å². The first kappa shape index (κ1) is 14.3. The van der Waals surface area contributed by atoms with Gasteiger partial charge in [0.05, 0.1) is 11.4 Å². The Hall–Kier alpha value is -2.80. The van der Waals surface area contributed by atoms with Crippen LogP contribution in [0.25, 0.3) is 0 Å². The lowest BCUT2D eigenvalue weighted by atomic mass is 10.2. The lowest BCUT2D eigenvalue weighted by Gasteiger charge is -1.90. The van der Waals surface area contributed by atoms with Gasteiger partial charge in [-0.05, 0) is 25.1 Å². The second kappa shape index (κ2) is 8.31. The van der Waals surface area contributed by atoms with Gasteiger partial charge >= 0.3 is 0 Å². The van der Waals surface area contributed by atoms with E-state index in [0.29, 0.717) is 11.4 Å². The van der Waals surface area contributed by atoms with E-state index < -0.39 is 0 Å². The molecule has 0 spiro atoms. The Morgan fingerprint density at radius 2 is 1.32 bits per heavy atom. The van der Waals surface area contributed by atoms with Gasteiger partial charge in [0.2, 0.25) is 12.2 Å². The van der Waals surface area contributed by atoms with E-state index >= 15 is 0 Å². The molecule has 2 aromatic rings. The SMILES string of the molecule is Cc1ccccc1.O=C=Nc1cccc(N=C=O)c1. The fourth-order valence-electron chi connectivity index (χ4n) is 1.27. The molecule has 0 saturated carbocycles. The first-order valence-electron chi connectivity index (χ1n) is 5.53. The maximum atomic E-state index is 9.84. The summed E-state index contributed by atoms with van der Waals surface area (Å²) in [5.74, 6) is 0. The van der Waals surface area contributed by atoms with Gasteiger partial charge in [-0.1, -0.05) is 42.0 Å². The zero-order valence-corrected chi connectivity index (χ0v) is 10.4. The Morgan fingerprint density at radius 3 is 1.68 bits per heavy atom. The minimum Gasteiger partial charge on any atom is -0.211 e. The maximum Gasteiger partial charge on any atom is 0.240 e. The van der Waals surface area contributed by atoms with Crippen LogP contribution in [-0.2, 0) is 9.59 Å². The first-order valence-corrected chi connectivity index (χ1v) is 5.53. The number of isocyanates is 2. The molecule has 0 fully saturated rings. The third-order valence-corrected chi connectivity index (χ3v) is 2.12. The van der Waals surface area contributed by atoms with Crippen molar-refractivity contribution in [2.24, 2.45) is 9.98 Å². The average molecular weight is 252 g/mol. The second-order valence-corrected chi connectivity index (χ2v) is 3.58. The molecule has 0 bridgehead atoms. The summed E-state index contributed by atoms with van der Waals surface area (Å²) in [6, 6.07) is 16.6. The lowest BCUT2D eigenvalue weighted by molar-refractivity contribution is 0.565. The maximum absolute atomic E-state index is 9.84. The number of rotatable bonds is 2. The molecule has 2 rings (SSSR count). The van der Waals surface area contributed by atoms with Crippen LogP contribution in [0.2, 0.25) is 0 Å². The molecule has 0 aliphatic carbocycles. The van der Waals surface area contributed by atoms with E-state index in [1.54, 1.807) is 18.2 Å². The van der Waals surface area contributed by atoms with Crippen LogP contribution in [-0.4, -0.2) is 12.2 Å². The number of carbonyl (C=O) groups excluding carboxylic acids is 2. The number of aliphatic imine (C=N–C) groups is 2. The van der Waals surface area contributed by atoms with Gasteiger partial charge in [-0.15, -0.1) is 0 Å². The third-order valence-electron chi connectivity index (χ3n) is 2.12. The van der Waals surface area contributed by atoms with E-state index in [4.69, 9.17) is 0 Å². The Labute approximate surface area is 111 Å². The van der Waals surface area contributed by atoms with Crippen LogP contribution in [0.5, 0.6) is 0 Å². The van der Waals surface area contributed by atoms with Crippen molar-refractivity contribution in [3.63, 3.8) is 0 Å². The standard InChI is InChI=1S/C8H4N2O2.C7H8/c11-5-9-7-2-1-3-8(4-7)10-6-12;1-7-5-3-2-4-6-7/h1-4H;2-6H,1H3. The molecule has 4 nitrogen and oxygen atoms in total. The van der Waals surface area contributed by atoms with Crippen molar-refractivity contribution in [3.8, 4) is 0 Å². The molecule has 0 saturated heterocycles. The average Bonchev–Trinajstić information content (AvgIpc) is 2.41. The predicted octanol–water partition coefficient (Wildman–Crippen LogP) is 3.62. The van der Waals surface area contributed by atoms with Crippen LogP contribution in [0.15, 0.2) is 64.6 Å². The van der Waals surface area contributed by atoms with Crippen molar-refractivity contribution in [3.05, 3.63) is 60.2 Å². The summed E-state index contributed by atoms with van der Waals surface area (Å²) in [6.07, 6.45) is 2.78. The lowest BCUT2D eigenvalue weighted by Crippen LogP contribution is -1.64. The topological polar surface area (TPSA) is 58.9 Å². The quantitative estimate of drug-likeness (QED) is 0.605. The van der Waals surface area contributed by atoms with Crippen LogP contribution in [0.1, 0.15) is 5.56 Å². The summed E-state index contributed by atoms with van der Waals surface area (Å²) < 4.78 is 0. The van der Waals surface area contributed by atoms with E-state index in [-0.39, 0.29) is 0 Å². The number of nitrogens with zero attached hydrogens (tertiary/aromatic N) is 2. The molecule has 0 heterocycles. The number of hydrogen-bond donors (Lipinski definition) is 0. The van der Waals surface area contributed by atoms with Crippen molar-refractivity contribution >= 4 is 23.5 Å². The molecule has 0 aliphatic rings. The first-order chi connectivity index (χ1) is 9.26. The minimum atomic E-state index is 0.418. The summed E-state index contributed by atoms with van der Waals surface area (Å²) in [6.45, 7) is 2.08. The molecule has 0 atom stereocenters. The van der Waals surface area contributed by atoms with Gasteiger partial charge in [0.25, 0.3) is 0 Å². The molecular weight excluding hydrogens is 240 g/mol. The fraction of sp³-hybridized carbons (Fsp3) is 0.0667. The molecule has 4 heteroatoms. The van der Waals surface area contributed by atoms with E-state index in [1.165, 1.54) is 23.8 Å².